The summed E-state index contributed by atoms with van der Waals surface area (Å²) >= 11 is 0. The normalized spacial score (nSPS) is 19.8. The second kappa shape index (κ2) is 6.84. The van der Waals surface area contributed by atoms with E-state index in [1.807, 2.05) is 37.3 Å². The van der Waals surface area contributed by atoms with Gasteiger partial charge in [-0.05, 0) is 56.5 Å². The number of pyridine rings is 1. The van der Waals surface area contributed by atoms with Gasteiger partial charge in [0.2, 0.25) is 0 Å². The summed E-state index contributed by atoms with van der Waals surface area (Å²) < 4.78 is 1.70. The van der Waals surface area contributed by atoms with Crippen molar-refractivity contribution in [2.45, 2.75) is 32.2 Å². The lowest BCUT2D eigenvalue weighted by Gasteiger charge is -2.18. The third-order valence-electron chi connectivity index (χ3n) is 5.24. The smallest absolute Gasteiger partial charge is 0.273 e. The Bertz CT molecular complexity index is 945. The highest BCUT2D eigenvalue weighted by molar-refractivity contribution is 5.94. The van der Waals surface area contributed by atoms with E-state index in [1.54, 1.807) is 10.9 Å². The number of nitrogens with zero attached hydrogens (tertiary/aromatic N) is 4. The molecule has 2 heterocycles. The molecule has 1 aliphatic carbocycles. The van der Waals surface area contributed by atoms with Gasteiger partial charge in [-0.15, -0.1) is 5.10 Å². The molecule has 1 saturated carbocycles. The van der Waals surface area contributed by atoms with Gasteiger partial charge in [-0.2, -0.15) is 0 Å². The number of carbonyl (C=O) groups excluding carboxylic acids is 1. The van der Waals surface area contributed by atoms with E-state index in [1.165, 1.54) is 0 Å². The molecule has 2 aromatic heterocycles. The average Bonchev–Trinajstić information content (AvgIpc) is 3.27. The first-order chi connectivity index (χ1) is 12.7. The molecule has 134 valence electrons. The predicted molar refractivity (Wildman–Crippen MR) is 99.0 cm³/mol. The van der Waals surface area contributed by atoms with Gasteiger partial charge in [0.05, 0.1) is 16.9 Å². The van der Waals surface area contributed by atoms with Crippen LogP contribution in [0.3, 0.4) is 0 Å². The Hall–Kier alpha value is -2.80. The van der Waals surface area contributed by atoms with Crippen LogP contribution in [0.5, 0.6) is 0 Å². The van der Waals surface area contributed by atoms with Gasteiger partial charge in [-0.3, -0.25) is 9.78 Å². The van der Waals surface area contributed by atoms with Crippen molar-refractivity contribution in [1.82, 2.24) is 25.3 Å². The van der Waals surface area contributed by atoms with E-state index in [0.29, 0.717) is 23.9 Å². The molecular formula is C19H22N6O. The van der Waals surface area contributed by atoms with E-state index >= 15 is 0 Å². The quantitative estimate of drug-likeness (QED) is 0.750. The van der Waals surface area contributed by atoms with Crippen LogP contribution in [0.2, 0.25) is 0 Å². The number of fused-ring (bicyclic) bond motifs is 1. The molecule has 7 heteroatoms. The Kier molecular flexibility index (Phi) is 4.38. The molecule has 1 aliphatic rings. The summed E-state index contributed by atoms with van der Waals surface area (Å²) in [5.41, 5.74) is 8.62. The lowest BCUT2D eigenvalue weighted by molar-refractivity contribution is 0.0923. The molecule has 0 spiro atoms. The molecule has 1 fully saturated rings. The number of aromatic nitrogens is 4. The van der Waals surface area contributed by atoms with E-state index in [9.17, 15) is 4.79 Å². The van der Waals surface area contributed by atoms with Crippen molar-refractivity contribution < 1.29 is 4.79 Å². The predicted octanol–water partition coefficient (Wildman–Crippen LogP) is 1.98. The highest BCUT2D eigenvalue weighted by Crippen LogP contribution is 2.25. The lowest BCUT2D eigenvalue weighted by atomic mass is 10.0. The zero-order valence-electron chi connectivity index (χ0n) is 14.7. The van der Waals surface area contributed by atoms with Gasteiger partial charge in [-0.1, -0.05) is 17.7 Å². The van der Waals surface area contributed by atoms with Crippen LogP contribution in [0, 0.1) is 12.8 Å². The zero-order valence-corrected chi connectivity index (χ0v) is 14.7. The van der Waals surface area contributed by atoms with Crippen LogP contribution in [-0.4, -0.2) is 38.5 Å². The van der Waals surface area contributed by atoms with Crippen LogP contribution in [0.4, 0.5) is 0 Å². The maximum atomic E-state index is 12.7. The second-order valence-electron chi connectivity index (χ2n) is 6.79. The van der Waals surface area contributed by atoms with Crippen LogP contribution in [-0.2, 0) is 0 Å². The van der Waals surface area contributed by atoms with Crippen LogP contribution in [0.25, 0.3) is 16.6 Å². The summed E-state index contributed by atoms with van der Waals surface area (Å²) in [6.45, 7) is 2.46. The van der Waals surface area contributed by atoms with Crippen molar-refractivity contribution in [2.75, 3.05) is 6.54 Å². The Morgan fingerprint density at radius 3 is 3.04 bits per heavy atom. The lowest BCUT2D eigenvalue weighted by Crippen LogP contribution is -2.40. The molecule has 0 radical (unpaired) electrons. The average molecular weight is 350 g/mol. The Morgan fingerprint density at radius 2 is 2.19 bits per heavy atom. The first-order valence-corrected chi connectivity index (χ1v) is 8.96. The Labute approximate surface area is 151 Å². The van der Waals surface area contributed by atoms with Gasteiger partial charge < -0.3 is 11.1 Å². The number of nitrogens with two attached hydrogens (primary N) is 1. The van der Waals surface area contributed by atoms with Crippen LogP contribution in [0.1, 0.15) is 35.4 Å². The molecule has 1 amide bonds. The minimum atomic E-state index is -0.183. The van der Waals surface area contributed by atoms with Crippen molar-refractivity contribution in [3.05, 3.63) is 47.9 Å². The molecule has 0 aliphatic heterocycles. The molecule has 3 aromatic rings. The fourth-order valence-corrected chi connectivity index (χ4v) is 3.79. The van der Waals surface area contributed by atoms with E-state index in [4.69, 9.17) is 5.73 Å². The Morgan fingerprint density at radius 1 is 1.31 bits per heavy atom. The molecule has 4 rings (SSSR count). The maximum Gasteiger partial charge on any atom is 0.273 e. The van der Waals surface area contributed by atoms with Gasteiger partial charge in [0.25, 0.3) is 5.91 Å². The molecule has 2 unspecified atom stereocenters. The van der Waals surface area contributed by atoms with Crippen LogP contribution in [0.15, 0.2) is 36.5 Å². The molecule has 0 bridgehead atoms. The maximum absolute atomic E-state index is 12.7. The summed E-state index contributed by atoms with van der Waals surface area (Å²) in [4.78, 5) is 17.1. The highest BCUT2D eigenvalue weighted by Gasteiger charge is 2.29. The SMILES string of the molecule is Cc1c(C(=O)NC2CCCC2CN)nnn1-c1cccc2ncccc12. The topological polar surface area (TPSA) is 98.7 Å². The minimum absolute atomic E-state index is 0.124. The fourth-order valence-electron chi connectivity index (χ4n) is 3.79. The summed E-state index contributed by atoms with van der Waals surface area (Å²) in [5.74, 6) is 0.163. The highest BCUT2D eigenvalue weighted by atomic mass is 16.2. The van der Waals surface area contributed by atoms with E-state index in [-0.39, 0.29) is 11.9 Å². The number of hydrogen-bond acceptors (Lipinski definition) is 5. The molecule has 3 N–H and O–H groups in total. The van der Waals surface area contributed by atoms with Crippen molar-refractivity contribution in [3.63, 3.8) is 0 Å². The number of carbonyl (C=O) groups is 1. The van der Waals surface area contributed by atoms with Gasteiger partial charge >= 0.3 is 0 Å². The number of nitrogens with one attached hydrogen (secondary N) is 1. The summed E-state index contributed by atoms with van der Waals surface area (Å²) in [5, 5.41) is 12.4. The number of amides is 1. The van der Waals surface area contributed by atoms with Crippen LogP contribution < -0.4 is 11.1 Å². The first kappa shape index (κ1) is 16.7. The number of rotatable bonds is 4. The van der Waals surface area contributed by atoms with Gasteiger partial charge in [-0.25, -0.2) is 4.68 Å². The molecule has 7 nitrogen and oxygen atoms in total. The summed E-state index contributed by atoms with van der Waals surface area (Å²) in [6, 6.07) is 9.83. The first-order valence-electron chi connectivity index (χ1n) is 8.96. The second-order valence-corrected chi connectivity index (χ2v) is 6.79. The summed E-state index contributed by atoms with van der Waals surface area (Å²) in [7, 11) is 0. The van der Waals surface area contributed by atoms with E-state index in [0.717, 1.165) is 35.9 Å². The third-order valence-corrected chi connectivity index (χ3v) is 5.24. The Balaban J connectivity index is 1.65. The fraction of sp³-hybridized carbons (Fsp3) is 0.368. The largest absolute Gasteiger partial charge is 0.348 e. The molecular weight excluding hydrogens is 328 g/mol. The molecule has 26 heavy (non-hydrogen) atoms. The van der Waals surface area contributed by atoms with Gasteiger partial charge in [0, 0.05) is 17.6 Å². The van der Waals surface area contributed by atoms with Crippen molar-refractivity contribution >= 4 is 16.8 Å². The van der Waals surface area contributed by atoms with Crippen molar-refractivity contribution in [3.8, 4) is 5.69 Å². The van der Waals surface area contributed by atoms with Gasteiger partial charge in [0.15, 0.2) is 5.69 Å². The molecule has 0 saturated heterocycles. The van der Waals surface area contributed by atoms with Crippen molar-refractivity contribution in [2.24, 2.45) is 11.7 Å². The number of hydrogen-bond donors (Lipinski definition) is 2. The standard InChI is InChI=1S/C19H22N6O/c1-12-18(19(26)22-15-7-2-5-13(15)11-20)23-24-25(12)17-9-3-8-16-14(17)6-4-10-21-16/h3-4,6,8-10,13,15H,2,5,7,11,20H2,1H3,(H,22,26). The molecule has 2 atom stereocenters. The van der Waals surface area contributed by atoms with Crippen LogP contribution >= 0.6 is 0 Å². The summed E-state index contributed by atoms with van der Waals surface area (Å²) in [6.07, 6.45) is 4.89. The van der Waals surface area contributed by atoms with Crippen molar-refractivity contribution in [1.29, 1.82) is 0 Å². The zero-order chi connectivity index (χ0) is 18.1. The van der Waals surface area contributed by atoms with Gasteiger partial charge in [0.1, 0.15) is 0 Å². The van der Waals surface area contributed by atoms with E-state index < -0.39 is 0 Å². The number of benzene rings is 1. The minimum Gasteiger partial charge on any atom is -0.348 e. The third kappa shape index (κ3) is 2.84. The molecule has 1 aromatic carbocycles. The van der Waals surface area contributed by atoms with E-state index in [2.05, 4.69) is 20.6 Å². The monoisotopic (exact) mass is 350 g/mol.